The van der Waals surface area contributed by atoms with E-state index >= 15 is 0 Å². The fourth-order valence-corrected chi connectivity index (χ4v) is 1.41. The Morgan fingerprint density at radius 1 is 1.15 bits per heavy atom. The lowest BCUT2D eigenvalue weighted by Gasteiger charge is -2.17. The highest BCUT2D eigenvalue weighted by atomic mass is 16.2. The van der Waals surface area contributed by atoms with Crippen LogP contribution in [0.25, 0.3) is 0 Å². The second kappa shape index (κ2) is 7.90. The third-order valence-corrected chi connectivity index (χ3v) is 2.49. The first-order valence-corrected chi connectivity index (χ1v) is 6.08. The zero-order valence-electron chi connectivity index (χ0n) is 11.3. The van der Waals surface area contributed by atoms with Crippen molar-refractivity contribution in [2.75, 3.05) is 32.0 Å². The molecule has 0 aliphatic heterocycles. The number of benzene rings is 1. The number of likely N-dealkylation sites (N-methyl/N-ethyl adjacent to an activating group) is 1. The van der Waals surface area contributed by atoms with Crippen molar-refractivity contribution >= 4 is 23.4 Å². The van der Waals surface area contributed by atoms with E-state index in [1.54, 1.807) is 24.3 Å². The number of nitrogens with two attached hydrogens (primary N) is 1. The van der Waals surface area contributed by atoms with E-state index in [1.165, 1.54) is 11.9 Å². The lowest BCUT2D eigenvalue weighted by Crippen LogP contribution is -2.42. The predicted molar refractivity (Wildman–Crippen MR) is 74.8 cm³/mol. The van der Waals surface area contributed by atoms with Gasteiger partial charge in [0.05, 0.1) is 19.6 Å². The van der Waals surface area contributed by atoms with Crippen LogP contribution in [0.3, 0.4) is 0 Å². The van der Waals surface area contributed by atoms with Crippen molar-refractivity contribution in [1.29, 1.82) is 0 Å². The van der Waals surface area contributed by atoms with Gasteiger partial charge in [0.25, 0.3) is 0 Å². The molecule has 0 bridgehead atoms. The van der Waals surface area contributed by atoms with Gasteiger partial charge in [-0.05, 0) is 12.1 Å². The quantitative estimate of drug-likeness (QED) is 0.631. The minimum atomic E-state index is -0.416. The summed E-state index contributed by atoms with van der Waals surface area (Å²) >= 11 is 0. The van der Waals surface area contributed by atoms with E-state index < -0.39 is 5.91 Å². The standard InChI is InChI=1S/C13H18N4O3/c1-17(13(20)8-15-11(18)7-14)9-12(19)16-10-5-3-2-4-6-10/h2-6H,7-9,14H2,1H3,(H,15,18)(H,16,19). The van der Waals surface area contributed by atoms with Crippen LogP contribution < -0.4 is 16.4 Å². The molecule has 1 aromatic rings. The van der Waals surface area contributed by atoms with Gasteiger partial charge in [0.15, 0.2) is 0 Å². The van der Waals surface area contributed by atoms with Gasteiger partial charge < -0.3 is 21.3 Å². The minimum Gasteiger partial charge on any atom is -0.346 e. The lowest BCUT2D eigenvalue weighted by atomic mass is 10.3. The number of anilines is 1. The molecule has 0 heterocycles. The molecule has 7 nitrogen and oxygen atoms in total. The SMILES string of the molecule is CN(CC(=O)Nc1ccccc1)C(=O)CNC(=O)CN. The van der Waals surface area contributed by atoms with Crippen molar-refractivity contribution in [3.05, 3.63) is 30.3 Å². The Bertz CT molecular complexity index is 476. The van der Waals surface area contributed by atoms with Crippen LogP contribution in [0.4, 0.5) is 5.69 Å². The number of hydrogen-bond acceptors (Lipinski definition) is 4. The maximum atomic E-state index is 11.7. The first-order valence-electron chi connectivity index (χ1n) is 6.08. The fraction of sp³-hybridized carbons (Fsp3) is 0.308. The Morgan fingerprint density at radius 3 is 2.40 bits per heavy atom. The van der Waals surface area contributed by atoms with Crippen LogP contribution in [0, 0.1) is 0 Å². The van der Waals surface area contributed by atoms with E-state index in [1.807, 2.05) is 6.07 Å². The highest BCUT2D eigenvalue weighted by Gasteiger charge is 2.13. The molecule has 108 valence electrons. The van der Waals surface area contributed by atoms with Crippen molar-refractivity contribution in [3.8, 4) is 0 Å². The summed E-state index contributed by atoms with van der Waals surface area (Å²) in [5.74, 6) is -1.09. The van der Waals surface area contributed by atoms with Crippen molar-refractivity contribution in [2.45, 2.75) is 0 Å². The van der Waals surface area contributed by atoms with Crippen LogP contribution in [0.2, 0.25) is 0 Å². The molecule has 7 heteroatoms. The van der Waals surface area contributed by atoms with Crippen LogP contribution in [0.15, 0.2) is 30.3 Å². The average molecular weight is 278 g/mol. The van der Waals surface area contributed by atoms with Crippen LogP contribution in [0.5, 0.6) is 0 Å². The molecule has 0 atom stereocenters. The molecule has 1 aromatic carbocycles. The molecule has 0 fully saturated rings. The van der Waals surface area contributed by atoms with Gasteiger partial charge in [-0.25, -0.2) is 0 Å². The van der Waals surface area contributed by atoms with E-state index in [-0.39, 0.29) is 31.4 Å². The molecule has 0 aliphatic carbocycles. The van der Waals surface area contributed by atoms with E-state index in [0.717, 1.165) is 0 Å². The first kappa shape index (κ1) is 15.6. The number of carbonyl (C=O) groups is 3. The monoisotopic (exact) mass is 278 g/mol. The van der Waals surface area contributed by atoms with Gasteiger partial charge in [0.1, 0.15) is 0 Å². The topological polar surface area (TPSA) is 105 Å². The summed E-state index contributed by atoms with van der Waals surface area (Å²) in [7, 11) is 1.49. The Kier molecular flexibility index (Phi) is 6.18. The van der Waals surface area contributed by atoms with E-state index in [0.29, 0.717) is 5.69 Å². The van der Waals surface area contributed by atoms with Crippen molar-refractivity contribution in [1.82, 2.24) is 10.2 Å². The van der Waals surface area contributed by atoms with Crippen LogP contribution in [-0.2, 0) is 14.4 Å². The summed E-state index contributed by atoms with van der Waals surface area (Å²) in [5, 5.41) is 5.01. The second-order valence-electron chi connectivity index (χ2n) is 4.14. The van der Waals surface area contributed by atoms with E-state index in [4.69, 9.17) is 5.73 Å². The number of nitrogens with zero attached hydrogens (tertiary/aromatic N) is 1. The van der Waals surface area contributed by atoms with Crippen LogP contribution in [-0.4, -0.2) is 49.3 Å². The Balaban J connectivity index is 2.37. The number of hydrogen-bond donors (Lipinski definition) is 3. The molecule has 0 saturated heterocycles. The summed E-state index contributed by atoms with van der Waals surface area (Å²) in [6, 6.07) is 8.94. The zero-order valence-corrected chi connectivity index (χ0v) is 11.3. The normalized spacial score (nSPS) is 9.70. The molecule has 0 unspecified atom stereocenters. The number of carbonyl (C=O) groups excluding carboxylic acids is 3. The molecule has 1 rings (SSSR count). The second-order valence-corrected chi connectivity index (χ2v) is 4.14. The van der Waals surface area contributed by atoms with Gasteiger partial charge in [-0.3, -0.25) is 14.4 Å². The summed E-state index contributed by atoms with van der Waals surface area (Å²) in [6.45, 7) is -0.442. The van der Waals surface area contributed by atoms with E-state index in [2.05, 4.69) is 10.6 Å². The van der Waals surface area contributed by atoms with Gasteiger partial charge >= 0.3 is 0 Å². The summed E-state index contributed by atoms with van der Waals surface area (Å²) in [4.78, 5) is 35.5. The van der Waals surface area contributed by atoms with Crippen molar-refractivity contribution in [3.63, 3.8) is 0 Å². The number of rotatable bonds is 6. The molecule has 0 aromatic heterocycles. The summed E-state index contributed by atoms with van der Waals surface area (Å²) in [6.07, 6.45) is 0. The smallest absolute Gasteiger partial charge is 0.243 e. The predicted octanol–water partition coefficient (Wildman–Crippen LogP) is -0.842. The fourth-order valence-electron chi connectivity index (χ4n) is 1.41. The molecule has 0 aliphatic rings. The molecular formula is C13H18N4O3. The van der Waals surface area contributed by atoms with Crippen LogP contribution in [0.1, 0.15) is 0 Å². The minimum absolute atomic E-state index is 0.0910. The summed E-state index contributed by atoms with van der Waals surface area (Å²) < 4.78 is 0. The number of amides is 3. The summed E-state index contributed by atoms with van der Waals surface area (Å²) in [5.41, 5.74) is 5.76. The highest BCUT2D eigenvalue weighted by Crippen LogP contribution is 2.04. The third kappa shape index (κ3) is 5.49. The van der Waals surface area contributed by atoms with Gasteiger partial charge in [0, 0.05) is 12.7 Å². The van der Waals surface area contributed by atoms with Gasteiger partial charge in [0.2, 0.25) is 17.7 Å². The molecule has 0 spiro atoms. The maximum absolute atomic E-state index is 11.7. The largest absolute Gasteiger partial charge is 0.346 e. The molecule has 20 heavy (non-hydrogen) atoms. The lowest BCUT2D eigenvalue weighted by molar-refractivity contribution is -0.134. The zero-order chi connectivity index (χ0) is 15.0. The highest BCUT2D eigenvalue weighted by molar-refractivity contribution is 5.95. The van der Waals surface area contributed by atoms with Gasteiger partial charge in [-0.1, -0.05) is 18.2 Å². The molecule has 3 amide bonds. The number of para-hydroxylation sites is 1. The maximum Gasteiger partial charge on any atom is 0.243 e. The molecule has 4 N–H and O–H groups in total. The van der Waals surface area contributed by atoms with Gasteiger partial charge in [-0.15, -0.1) is 0 Å². The van der Waals surface area contributed by atoms with Crippen LogP contribution >= 0.6 is 0 Å². The van der Waals surface area contributed by atoms with E-state index in [9.17, 15) is 14.4 Å². The van der Waals surface area contributed by atoms with Crippen molar-refractivity contribution in [2.24, 2.45) is 5.73 Å². The Labute approximate surface area is 117 Å². The Morgan fingerprint density at radius 2 is 1.80 bits per heavy atom. The third-order valence-electron chi connectivity index (χ3n) is 2.49. The molecular weight excluding hydrogens is 260 g/mol. The van der Waals surface area contributed by atoms with Gasteiger partial charge in [-0.2, -0.15) is 0 Å². The molecule has 0 radical (unpaired) electrons. The average Bonchev–Trinajstić information content (AvgIpc) is 2.45. The van der Waals surface area contributed by atoms with Crippen molar-refractivity contribution < 1.29 is 14.4 Å². The Hall–Kier alpha value is -2.41. The number of nitrogens with one attached hydrogen (secondary N) is 2. The first-order chi connectivity index (χ1) is 9.52. The molecule has 0 saturated carbocycles.